The van der Waals surface area contributed by atoms with Gasteiger partial charge < -0.3 is 14.9 Å². The second kappa shape index (κ2) is 4.64. The highest BCUT2D eigenvalue weighted by molar-refractivity contribution is 5.31. The molecule has 4 heteroatoms. The fourth-order valence-corrected chi connectivity index (χ4v) is 2.44. The Morgan fingerprint density at radius 2 is 1.71 bits per heavy atom. The van der Waals surface area contributed by atoms with Crippen molar-refractivity contribution in [3.05, 3.63) is 29.8 Å². The van der Waals surface area contributed by atoms with E-state index in [0.717, 1.165) is 11.3 Å². The Hall–Kier alpha value is -1.10. The van der Waals surface area contributed by atoms with E-state index in [1.165, 1.54) is 0 Å². The quantitative estimate of drug-likeness (QED) is 0.798. The van der Waals surface area contributed by atoms with Crippen LogP contribution in [0, 0.1) is 0 Å². The molecule has 0 spiro atoms. The van der Waals surface area contributed by atoms with Crippen molar-refractivity contribution in [3.8, 4) is 5.75 Å². The van der Waals surface area contributed by atoms with Gasteiger partial charge in [0.2, 0.25) is 0 Å². The zero-order valence-corrected chi connectivity index (χ0v) is 10.4. The third kappa shape index (κ3) is 2.04. The number of methoxy groups -OCH3 is 1. The highest BCUT2D eigenvalue weighted by Crippen LogP contribution is 2.35. The number of likely N-dealkylation sites (N-methyl/N-ethyl adjacent to an activating group) is 1. The average molecular weight is 237 g/mol. The van der Waals surface area contributed by atoms with E-state index in [-0.39, 0.29) is 12.1 Å². The molecular weight excluding hydrogens is 218 g/mol. The van der Waals surface area contributed by atoms with Crippen molar-refractivity contribution < 1.29 is 14.9 Å². The summed E-state index contributed by atoms with van der Waals surface area (Å²) in [7, 11) is 3.54. The van der Waals surface area contributed by atoms with E-state index in [0.29, 0.717) is 0 Å². The van der Waals surface area contributed by atoms with E-state index in [4.69, 9.17) is 4.74 Å². The zero-order valence-electron chi connectivity index (χ0n) is 10.4. The number of aliphatic hydroxyl groups excluding tert-OH is 2. The van der Waals surface area contributed by atoms with E-state index in [1.54, 1.807) is 7.11 Å². The fraction of sp³-hybridized carbons (Fsp3) is 0.538. The summed E-state index contributed by atoms with van der Waals surface area (Å²) >= 11 is 0. The lowest BCUT2D eigenvalue weighted by Gasteiger charge is -2.24. The molecule has 2 N–H and O–H groups in total. The van der Waals surface area contributed by atoms with Gasteiger partial charge in [-0.05, 0) is 31.7 Å². The van der Waals surface area contributed by atoms with Crippen LogP contribution in [0.15, 0.2) is 24.3 Å². The lowest BCUT2D eigenvalue weighted by Crippen LogP contribution is -2.30. The predicted molar refractivity (Wildman–Crippen MR) is 65.0 cm³/mol. The zero-order chi connectivity index (χ0) is 12.6. The number of ether oxygens (including phenoxy) is 1. The Balaban J connectivity index is 2.26. The van der Waals surface area contributed by atoms with Crippen LogP contribution in [0.5, 0.6) is 5.75 Å². The van der Waals surface area contributed by atoms with E-state index in [2.05, 4.69) is 0 Å². The van der Waals surface area contributed by atoms with Gasteiger partial charge in [-0.2, -0.15) is 0 Å². The van der Waals surface area contributed by atoms with Crippen LogP contribution in [0.2, 0.25) is 0 Å². The first-order valence-corrected chi connectivity index (χ1v) is 5.78. The van der Waals surface area contributed by atoms with Crippen molar-refractivity contribution in [2.45, 2.75) is 31.2 Å². The number of hydrogen-bond donors (Lipinski definition) is 2. The maximum absolute atomic E-state index is 10.1. The maximum atomic E-state index is 10.1. The van der Waals surface area contributed by atoms with Crippen LogP contribution < -0.4 is 4.74 Å². The van der Waals surface area contributed by atoms with Gasteiger partial charge in [0.1, 0.15) is 11.9 Å². The molecule has 1 heterocycles. The third-order valence-electron chi connectivity index (χ3n) is 3.71. The van der Waals surface area contributed by atoms with Gasteiger partial charge in [-0.25, -0.2) is 0 Å². The summed E-state index contributed by atoms with van der Waals surface area (Å²) in [6.07, 6.45) is -1.45. The van der Waals surface area contributed by atoms with Crippen molar-refractivity contribution in [1.29, 1.82) is 0 Å². The maximum Gasteiger partial charge on any atom is 0.118 e. The summed E-state index contributed by atoms with van der Waals surface area (Å²) < 4.78 is 5.10. The summed E-state index contributed by atoms with van der Waals surface area (Å²) in [6.45, 7) is 1.91. The van der Waals surface area contributed by atoms with Crippen LogP contribution >= 0.6 is 0 Å². The molecule has 0 unspecified atom stereocenters. The topological polar surface area (TPSA) is 52.9 Å². The molecule has 2 rings (SSSR count). The molecule has 1 aliphatic heterocycles. The first kappa shape index (κ1) is 12.4. The standard InChI is InChI=1S/C13H19NO3/c1-8-12(15)13(16)11(14(8)2)9-4-6-10(17-3)7-5-9/h4-8,11-13,15-16H,1-3H3/t8-,11-,12-,13-/m1/s1. The first-order valence-electron chi connectivity index (χ1n) is 5.78. The summed E-state index contributed by atoms with van der Waals surface area (Å²) in [5.41, 5.74) is 0.990. The molecule has 1 aliphatic rings. The Bertz CT molecular complexity index is 365. The van der Waals surface area contributed by atoms with E-state index >= 15 is 0 Å². The van der Waals surface area contributed by atoms with Crippen LogP contribution in [0.4, 0.5) is 0 Å². The van der Waals surface area contributed by atoms with Crippen LogP contribution in [0.25, 0.3) is 0 Å². The fourth-order valence-electron chi connectivity index (χ4n) is 2.44. The van der Waals surface area contributed by atoms with Gasteiger partial charge in [-0.15, -0.1) is 0 Å². The third-order valence-corrected chi connectivity index (χ3v) is 3.71. The summed E-state index contributed by atoms with van der Waals surface area (Å²) in [5.74, 6) is 0.789. The monoisotopic (exact) mass is 237 g/mol. The Morgan fingerprint density at radius 1 is 1.12 bits per heavy atom. The van der Waals surface area contributed by atoms with Crippen molar-refractivity contribution >= 4 is 0 Å². The normalized spacial score (nSPS) is 33.9. The molecule has 1 fully saturated rings. The molecule has 1 aromatic rings. The molecule has 1 saturated heterocycles. The smallest absolute Gasteiger partial charge is 0.118 e. The molecule has 0 aliphatic carbocycles. The van der Waals surface area contributed by atoms with Gasteiger partial charge in [0.15, 0.2) is 0 Å². The van der Waals surface area contributed by atoms with Crippen molar-refractivity contribution in [2.75, 3.05) is 14.2 Å². The van der Waals surface area contributed by atoms with E-state index < -0.39 is 12.2 Å². The molecule has 17 heavy (non-hydrogen) atoms. The number of likely N-dealkylation sites (tertiary alicyclic amines) is 1. The second-order valence-corrected chi connectivity index (χ2v) is 4.61. The van der Waals surface area contributed by atoms with Crippen LogP contribution in [0.3, 0.4) is 0 Å². The Morgan fingerprint density at radius 3 is 2.12 bits per heavy atom. The van der Waals surface area contributed by atoms with E-state index in [1.807, 2.05) is 43.1 Å². The molecule has 0 saturated carbocycles. The SMILES string of the molecule is COc1ccc([C@@H]2[C@@H](O)[C@H](O)[C@@H](C)N2C)cc1. The lowest BCUT2D eigenvalue weighted by atomic mass is 10.0. The summed E-state index contributed by atoms with van der Waals surface area (Å²) in [6, 6.07) is 7.38. The molecule has 94 valence electrons. The number of hydrogen-bond acceptors (Lipinski definition) is 4. The van der Waals surface area contributed by atoms with Crippen LogP contribution in [-0.4, -0.2) is 47.5 Å². The van der Waals surface area contributed by atoms with Gasteiger partial charge >= 0.3 is 0 Å². The minimum Gasteiger partial charge on any atom is -0.497 e. The minimum absolute atomic E-state index is 0.0444. The molecule has 0 amide bonds. The molecular formula is C13H19NO3. The molecule has 0 bridgehead atoms. The number of rotatable bonds is 2. The lowest BCUT2D eigenvalue weighted by molar-refractivity contribution is 0.0300. The first-order chi connectivity index (χ1) is 8.06. The van der Waals surface area contributed by atoms with Crippen molar-refractivity contribution in [1.82, 2.24) is 4.90 Å². The van der Waals surface area contributed by atoms with Gasteiger partial charge in [0.05, 0.1) is 19.3 Å². The van der Waals surface area contributed by atoms with Crippen molar-refractivity contribution in [2.24, 2.45) is 0 Å². The summed E-state index contributed by atoms with van der Waals surface area (Å²) in [4.78, 5) is 2.00. The Kier molecular flexibility index (Phi) is 3.38. The van der Waals surface area contributed by atoms with Gasteiger partial charge in [-0.3, -0.25) is 4.90 Å². The molecule has 4 nitrogen and oxygen atoms in total. The van der Waals surface area contributed by atoms with Gasteiger partial charge in [-0.1, -0.05) is 12.1 Å². The molecule has 0 radical (unpaired) electrons. The minimum atomic E-state index is -0.747. The second-order valence-electron chi connectivity index (χ2n) is 4.61. The number of nitrogens with zero attached hydrogens (tertiary/aromatic N) is 1. The highest BCUT2D eigenvalue weighted by Gasteiger charge is 2.43. The van der Waals surface area contributed by atoms with Crippen molar-refractivity contribution in [3.63, 3.8) is 0 Å². The largest absolute Gasteiger partial charge is 0.497 e. The molecule has 0 aromatic heterocycles. The van der Waals surface area contributed by atoms with Crippen LogP contribution in [-0.2, 0) is 0 Å². The highest BCUT2D eigenvalue weighted by atomic mass is 16.5. The summed E-state index contributed by atoms with van der Waals surface area (Å²) in [5, 5.41) is 19.9. The average Bonchev–Trinajstić information content (AvgIpc) is 2.54. The Labute approximate surface area is 101 Å². The molecule has 4 atom stereocenters. The predicted octanol–water partition coefficient (Wildman–Crippen LogP) is 0.792. The number of aliphatic hydroxyl groups is 2. The molecule has 1 aromatic carbocycles. The van der Waals surface area contributed by atoms with E-state index in [9.17, 15) is 10.2 Å². The van der Waals surface area contributed by atoms with Gasteiger partial charge in [0, 0.05) is 6.04 Å². The number of benzene rings is 1. The van der Waals surface area contributed by atoms with Crippen LogP contribution in [0.1, 0.15) is 18.5 Å². The van der Waals surface area contributed by atoms with Gasteiger partial charge in [0.25, 0.3) is 0 Å².